The highest BCUT2D eigenvalue weighted by atomic mass is 15.5. The largest absolute Gasteiger partial charge is 0.402 e. The number of para-hydroxylation sites is 2. The van der Waals surface area contributed by atoms with Crippen LogP contribution in [0.15, 0.2) is 29.3 Å². The summed E-state index contributed by atoms with van der Waals surface area (Å²) in [6.45, 7) is 0. The van der Waals surface area contributed by atoms with Crippen molar-refractivity contribution in [1.29, 1.82) is 5.41 Å². The summed E-state index contributed by atoms with van der Waals surface area (Å²) in [5.74, 6) is -0.269. The number of aromatic nitrogens is 3. The van der Waals surface area contributed by atoms with E-state index in [1.165, 1.54) is 4.68 Å². The van der Waals surface area contributed by atoms with Gasteiger partial charge in [-0.3, -0.25) is 0 Å². The van der Waals surface area contributed by atoms with E-state index in [0.29, 0.717) is 0 Å². The monoisotopic (exact) mass is 204 g/mol. The number of hydrogen-bond acceptors (Lipinski definition) is 2. The van der Waals surface area contributed by atoms with Crippen LogP contribution in [0.4, 0.5) is 0 Å². The Hall–Kier alpha value is -2.44. The van der Waals surface area contributed by atoms with E-state index in [9.17, 15) is 0 Å². The lowest BCUT2D eigenvalue weighted by Gasteiger charge is -1.91. The van der Waals surface area contributed by atoms with E-state index in [4.69, 9.17) is 16.9 Å². The third-order valence-electron chi connectivity index (χ3n) is 1.84. The Balaban J connectivity index is 2.53. The molecule has 0 aliphatic heterocycles. The molecule has 0 unspecified atom stereocenters. The summed E-state index contributed by atoms with van der Waals surface area (Å²) in [5, 5.41) is 14.2. The van der Waals surface area contributed by atoms with Crippen LogP contribution in [0.2, 0.25) is 0 Å². The molecule has 0 saturated carbocycles. The van der Waals surface area contributed by atoms with Gasteiger partial charge in [0.25, 0.3) is 5.96 Å². The average molecular weight is 204 g/mol. The predicted molar refractivity (Wildman–Crippen MR) is 55.2 cm³/mol. The van der Waals surface area contributed by atoms with Crippen LogP contribution in [0.5, 0.6) is 0 Å². The van der Waals surface area contributed by atoms with Crippen molar-refractivity contribution in [2.75, 3.05) is 0 Å². The first-order chi connectivity index (χ1) is 7.18. The minimum Gasteiger partial charge on any atom is -0.359 e. The molecule has 0 fully saturated rings. The summed E-state index contributed by atoms with van der Waals surface area (Å²) in [7, 11) is 0. The van der Waals surface area contributed by atoms with Crippen LogP contribution in [-0.2, 0) is 0 Å². The van der Waals surface area contributed by atoms with Gasteiger partial charge < -0.3 is 11.5 Å². The van der Waals surface area contributed by atoms with Crippen molar-refractivity contribution in [1.82, 2.24) is 10.3 Å². The van der Waals surface area contributed by atoms with Gasteiger partial charge in [-0.05, 0) is 12.1 Å². The zero-order chi connectivity index (χ0) is 10.8. The van der Waals surface area contributed by atoms with Gasteiger partial charge in [0.2, 0.25) is 0 Å². The summed E-state index contributed by atoms with van der Waals surface area (Å²) in [5.41, 5.74) is 11.9. The molecule has 0 bridgehead atoms. The molecule has 0 aliphatic rings. The number of H-pyrrole nitrogens is 1. The molecule has 0 saturated heterocycles. The van der Waals surface area contributed by atoms with Gasteiger partial charge in [-0.25, -0.2) is 0 Å². The Bertz CT molecular complexity index is 535. The van der Waals surface area contributed by atoms with E-state index in [0.717, 1.165) is 11.0 Å². The van der Waals surface area contributed by atoms with Gasteiger partial charge in [0, 0.05) is 0 Å². The van der Waals surface area contributed by atoms with Gasteiger partial charge in [0.1, 0.15) is 0 Å². The summed E-state index contributed by atoms with van der Waals surface area (Å²) in [6.07, 6.45) is 0. The molecular weight excluding hydrogens is 194 g/mol. The fourth-order valence-corrected chi connectivity index (χ4v) is 1.24. The van der Waals surface area contributed by atoms with Gasteiger partial charge in [0.15, 0.2) is 11.0 Å². The first kappa shape index (κ1) is 9.13. The van der Waals surface area contributed by atoms with E-state index in [2.05, 4.69) is 15.3 Å². The molecular formula is C8H10N7+. The van der Waals surface area contributed by atoms with Gasteiger partial charge in [0.05, 0.1) is 0 Å². The number of aliphatic imine (C=N–C) groups is 1. The van der Waals surface area contributed by atoms with Crippen molar-refractivity contribution in [3.63, 3.8) is 0 Å². The molecule has 1 heterocycles. The molecule has 1 aromatic heterocycles. The first-order valence-electron chi connectivity index (χ1n) is 4.22. The lowest BCUT2D eigenvalue weighted by atomic mass is 10.3. The van der Waals surface area contributed by atoms with Crippen molar-refractivity contribution in [2.24, 2.45) is 16.5 Å². The molecule has 7 heteroatoms. The number of nitrogens with zero attached hydrogens (tertiary/aromatic N) is 3. The molecule has 1 aromatic carbocycles. The number of nitrogens with one attached hydrogen (secondary N) is 2. The van der Waals surface area contributed by atoms with E-state index in [-0.39, 0.29) is 11.9 Å². The second-order valence-electron chi connectivity index (χ2n) is 2.90. The van der Waals surface area contributed by atoms with Crippen molar-refractivity contribution in [2.45, 2.75) is 0 Å². The Morgan fingerprint density at radius 1 is 1.40 bits per heavy atom. The number of guanidine groups is 1. The van der Waals surface area contributed by atoms with E-state index in [1.807, 2.05) is 24.3 Å². The topological polar surface area (TPSA) is 121 Å². The van der Waals surface area contributed by atoms with Crippen molar-refractivity contribution in [3.05, 3.63) is 24.3 Å². The SMILES string of the molecule is N=C(N=C(N)N)[n+]1[nH]nc2ccccc21. The van der Waals surface area contributed by atoms with Crippen molar-refractivity contribution >= 4 is 23.0 Å². The van der Waals surface area contributed by atoms with Crippen molar-refractivity contribution < 1.29 is 4.68 Å². The third kappa shape index (κ3) is 1.62. The molecule has 0 atom stereocenters. The van der Waals surface area contributed by atoms with Gasteiger partial charge in [-0.1, -0.05) is 22.2 Å². The number of fused-ring (bicyclic) bond motifs is 1. The highest BCUT2D eigenvalue weighted by Crippen LogP contribution is 2.03. The zero-order valence-electron chi connectivity index (χ0n) is 7.81. The quantitative estimate of drug-likeness (QED) is 0.248. The van der Waals surface area contributed by atoms with Gasteiger partial charge in [-0.15, -0.1) is 9.90 Å². The molecule has 6 N–H and O–H groups in total. The first-order valence-corrected chi connectivity index (χ1v) is 4.22. The lowest BCUT2D eigenvalue weighted by Crippen LogP contribution is -2.45. The van der Waals surface area contributed by atoms with E-state index in [1.54, 1.807) is 0 Å². The summed E-state index contributed by atoms with van der Waals surface area (Å²) in [4.78, 5) is 3.62. The Morgan fingerprint density at radius 3 is 2.87 bits per heavy atom. The number of rotatable bonds is 0. The number of benzene rings is 1. The molecule has 7 nitrogen and oxygen atoms in total. The van der Waals surface area contributed by atoms with E-state index >= 15 is 0 Å². The molecule has 15 heavy (non-hydrogen) atoms. The van der Waals surface area contributed by atoms with Gasteiger partial charge >= 0.3 is 5.96 Å². The summed E-state index contributed by atoms with van der Waals surface area (Å²) in [6, 6.07) is 7.34. The molecule has 76 valence electrons. The maximum atomic E-state index is 7.60. The normalized spacial score (nSPS) is 10.1. The predicted octanol–water partition coefficient (Wildman–Crippen LogP) is -1.09. The molecule has 0 aliphatic carbocycles. The summed E-state index contributed by atoms with van der Waals surface area (Å²) < 4.78 is 1.38. The van der Waals surface area contributed by atoms with Crippen molar-refractivity contribution in [3.8, 4) is 0 Å². The highest BCUT2D eigenvalue weighted by Gasteiger charge is 2.13. The van der Waals surface area contributed by atoms with Crippen LogP contribution < -0.4 is 16.1 Å². The maximum Gasteiger partial charge on any atom is 0.402 e. The van der Waals surface area contributed by atoms with Crippen LogP contribution in [0, 0.1) is 5.41 Å². The van der Waals surface area contributed by atoms with Crippen LogP contribution in [0.1, 0.15) is 0 Å². The molecule has 2 rings (SSSR count). The minimum absolute atomic E-state index is 0.108. The van der Waals surface area contributed by atoms with Gasteiger partial charge in [-0.2, -0.15) is 5.41 Å². The van der Waals surface area contributed by atoms with Crippen LogP contribution >= 0.6 is 0 Å². The third-order valence-corrected chi connectivity index (χ3v) is 1.84. The standard InChI is InChI=1S/C8H9N7/c9-7(10)12-8(11)15-6-4-2-1-3-5(6)13-14-15/h1-4H,(H5,9,10,11,12)/p+1. The second kappa shape index (κ2) is 3.37. The van der Waals surface area contributed by atoms with Crippen LogP contribution in [0.3, 0.4) is 0 Å². The molecule has 0 radical (unpaired) electrons. The Morgan fingerprint density at radius 2 is 2.13 bits per heavy atom. The van der Waals surface area contributed by atoms with Crippen LogP contribution in [-0.4, -0.2) is 22.2 Å². The Labute approximate surface area is 84.9 Å². The fourth-order valence-electron chi connectivity index (χ4n) is 1.24. The molecule has 0 amide bonds. The smallest absolute Gasteiger partial charge is 0.359 e. The zero-order valence-corrected chi connectivity index (χ0v) is 7.81. The molecule has 0 spiro atoms. The number of aromatic amines is 1. The number of hydrogen-bond donors (Lipinski definition) is 4. The fraction of sp³-hybridized carbons (Fsp3) is 0. The maximum absolute atomic E-state index is 7.60. The molecule has 2 aromatic rings. The van der Waals surface area contributed by atoms with Crippen LogP contribution in [0.25, 0.3) is 11.0 Å². The van der Waals surface area contributed by atoms with E-state index < -0.39 is 0 Å². The summed E-state index contributed by atoms with van der Waals surface area (Å²) >= 11 is 0. The Kier molecular flexibility index (Phi) is 2.05. The highest BCUT2D eigenvalue weighted by molar-refractivity contribution is 5.89. The lowest BCUT2D eigenvalue weighted by molar-refractivity contribution is -0.598. The minimum atomic E-state index is -0.161. The average Bonchev–Trinajstić information content (AvgIpc) is 2.59. The number of nitrogens with two attached hydrogens (primary N) is 2. The second-order valence-corrected chi connectivity index (χ2v) is 2.90.